The summed E-state index contributed by atoms with van der Waals surface area (Å²) < 4.78 is 0. The molecular weight excluding hydrogens is 122 g/mol. The van der Waals surface area contributed by atoms with Crippen molar-refractivity contribution in [1.82, 2.24) is 5.32 Å². The van der Waals surface area contributed by atoms with Gasteiger partial charge in [0.25, 0.3) is 0 Å². The predicted octanol–water partition coefficient (Wildman–Crippen LogP) is 1.81. The van der Waals surface area contributed by atoms with Gasteiger partial charge in [-0.05, 0) is 38.3 Å². The van der Waals surface area contributed by atoms with E-state index in [9.17, 15) is 0 Å². The molecule has 0 radical (unpaired) electrons. The van der Waals surface area contributed by atoms with E-state index in [1.165, 1.54) is 18.5 Å². The van der Waals surface area contributed by atoms with Crippen LogP contribution in [0.4, 0.5) is 0 Å². The van der Waals surface area contributed by atoms with Crippen LogP contribution in [-0.4, -0.2) is 13.1 Å². The van der Waals surface area contributed by atoms with E-state index < -0.39 is 0 Å². The molecule has 2 atom stereocenters. The molecule has 2 unspecified atom stereocenters. The minimum Gasteiger partial charge on any atom is -0.316 e. The molecule has 0 amide bonds. The summed E-state index contributed by atoms with van der Waals surface area (Å²) >= 11 is 0. The zero-order chi connectivity index (χ0) is 7.56. The normalized spacial score (nSPS) is 33.8. The average molecular weight is 139 g/mol. The Hall–Kier alpha value is -0.300. The number of hydrogen-bond donors (Lipinski definition) is 1. The van der Waals surface area contributed by atoms with E-state index in [1.807, 2.05) is 0 Å². The Morgan fingerprint density at radius 2 is 2.30 bits per heavy atom. The Kier molecular flexibility index (Phi) is 2.50. The molecule has 1 saturated heterocycles. The van der Waals surface area contributed by atoms with E-state index in [0.717, 1.165) is 18.4 Å². The topological polar surface area (TPSA) is 12.0 Å². The summed E-state index contributed by atoms with van der Waals surface area (Å²) in [5.74, 6) is 1.55. The van der Waals surface area contributed by atoms with Crippen molar-refractivity contribution in [2.24, 2.45) is 11.8 Å². The molecule has 1 heterocycles. The van der Waals surface area contributed by atoms with Crippen LogP contribution < -0.4 is 5.32 Å². The quantitative estimate of drug-likeness (QED) is 0.546. The van der Waals surface area contributed by atoms with Crippen molar-refractivity contribution in [3.8, 4) is 0 Å². The molecule has 58 valence electrons. The van der Waals surface area contributed by atoms with Gasteiger partial charge < -0.3 is 5.32 Å². The molecule has 1 heteroatoms. The van der Waals surface area contributed by atoms with Crippen LogP contribution in [-0.2, 0) is 0 Å². The van der Waals surface area contributed by atoms with E-state index >= 15 is 0 Å². The van der Waals surface area contributed by atoms with Crippen LogP contribution in [0.3, 0.4) is 0 Å². The number of rotatable bonds is 1. The summed E-state index contributed by atoms with van der Waals surface area (Å²) in [4.78, 5) is 0. The molecule has 0 aromatic rings. The van der Waals surface area contributed by atoms with Gasteiger partial charge in [0.05, 0.1) is 0 Å². The van der Waals surface area contributed by atoms with Crippen molar-refractivity contribution >= 4 is 0 Å². The molecule has 1 fully saturated rings. The van der Waals surface area contributed by atoms with Crippen molar-refractivity contribution in [2.45, 2.75) is 20.3 Å². The summed E-state index contributed by atoms with van der Waals surface area (Å²) in [5, 5.41) is 3.38. The monoisotopic (exact) mass is 139 g/mol. The van der Waals surface area contributed by atoms with Crippen molar-refractivity contribution in [3.05, 3.63) is 12.2 Å². The summed E-state index contributed by atoms with van der Waals surface area (Å²) in [6.07, 6.45) is 1.27. The lowest BCUT2D eigenvalue weighted by Crippen LogP contribution is -2.35. The molecular formula is C9H17N. The first kappa shape index (κ1) is 7.80. The molecule has 1 aliphatic rings. The molecule has 0 aromatic carbocycles. The van der Waals surface area contributed by atoms with Gasteiger partial charge in [0, 0.05) is 0 Å². The van der Waals surface area contributed by atoms with Gasteiger partial charge in [0.2, 0.25) is 0 Å². The molecule has 0 saturated carbocycles. The highest BCUT2D eigenvalue weighted by Gasteiger charge is 2.20. The smallest absolute Gasteiger partial charge is 0.00174 e. The Balaban J connectivity index is 2.47. The van der Waals surface area contributed by atoms with Crippen molar-refractivity contribution in [3.63, 3.8) is 0 Å². The fraction of sp³-hybridized carbons (Fsp3) is 0.778. The fourth-order valence-corrected chi connectivity index (χ4v) is 1.75. The van der Waals surface area contributed by atoms with Crippen molar-refractivity contribution in [2.75, 3.05) is 13.1 Å². The second kappa shape index (κ2) is 3.20. The van der Waals surface area contributed by atoms with Crippen LogP contribution in [0, 0.1) is 11.8 Å². The maximum absolute atomic E-state index is 4.00. The van der Waals surface area contributed by atoms with E-state index in [1.54, 1.807) is 0 Å². The minimum absolute atomic E-state index is 0.765. The molecule has 10 heavy (non-hydrogen) atoms. The van der Waals surface area contributed by atoms with Crippen LogP contribution in [0.25, 0.3) is 0 Å². The molecule has 0 aromatic heterocycles. The maximum Gasteiger partial charge on any atom is -0.00174 e. The van der Waals surface area contributed by atoms with Gasteiger partial charge in [0.1, 0.15) is 0 Å². The summed E-state index contributed by atoms with van der Waals surface area (Å²) in [5.41, 5.74) is 1.36. The number of nitrogens with one attached hydrogen (secondary N) is 1. The second-order valence-corrected chi connectivity index (χ2v) is 3.42. The van der Waals surface area contributed by atoms with E-state index in [2.05, 4.69) is 25.7 Å². The Labute approximate surface area is 63.5 Å². The summed E-state index contributed by atoms with van der Waals surface area (Å²) in [7, 11) is 0. The van der Waals surface area contributed by atoms with Gasteiger partial charge in [-0.2, -0.15) is 0 Å². The molecule has 0 aliphatic carbocycles. The Morgan fingerprint density at radius 3 is 2.70 bits per heavy atom. The lowest BCUT2D eigenvalue weighted by Gasteiger charge is -2.29. The first-order valence-corrected chi connectivity index (χ1v) is 4.08. The van der Waals surface area contributed by atoms with Gasteiger partial charge in [-0.15, -0.1) is 0 Å². The zero-order valence-corrected chi connectivity index (χ0v) is 6.98. The first-order valence-electron chi connectivity index (χ1n) is 4.08. The average Bonchev–Trinajstić information content (AvgIpc) is 1.88. The Bertz CT molecular complexity index is 129. The molecule has 0 bridgehead atoms. The molecule has 1 nitrogen and oxygen atoms in total. The highest BCUT2D eigenvalue weighted by atomic mass is 14.9. The third-order valence-electron chi connectivity index (χ3n) is 2.42. The van der Waals surface area contributed by atoms with E-state index in [4.69, 9.17) is 0 Å². The van der Waals surface area contributed by atoms with Gasteiger partial charge in [-0.1, -0.05) is 19.1 Å². The highest BCUT2D eigenvalue weighted by Crippen LogP contribution is 2.24. The fourth-order valence-electron chi connectivity index (χ4n) is 1.75. The van der Waals surface area contributed by atoms with Crippen LogP contribution in [0.15, 0.2) is 12.2 Å². The van der Waals surface area contributed by atoms with E-state index in [0.29, 0.717) is 0 Å². The lowest BCUT2D eigenvalue weighted by molar-refractivity contribution is 0.312. The third-order valence-corrected chi connectivity index (χ3v) is 2.42. The van der Waals surface area contributed by atoms with E-state index in [-0.39, 0.29) is 0 Å². The number of piperidine rings is 1. The van der Waals surface area contributed by atoms with Gasteiger partial charge in [-0.25, -0.2) is 0 Å². The van der Waals surface area contributed by atoms with Crippen molar-refractivity contribution < 1.29 is 0 Å². The molecule has 1 rings (SSSR count). The number of allylic oxidation sites excluding steroid dienone is 1. The first-order chi connectivity index (χ1) is 4.72. The Morgan fingerprint density at radius 1 is 1.60 bits per heavy atom. The molecule has 1 N–H and O–H groups in total. The summed E-state index contributed by atoms with van der Waals surface area (Å²) in [6.45, 7) is 10.8. The minimum atomic E-state index is 0.765. The summed E-state index contributed by atoms with van der Waals surface area (Å²) in [6, 6.07) is 0. The predicted molar refractivity (Wildman–Crippen MR) is 45.0 cm³/mol. The zero-order valence-electron chi connectivity index (χ0n) is 6.98. The maximum atomic E-state index is 4.00. The highest BCUT2D eigenvalue weighted by molar-refractivity contribution is 5.00. The lowest BCUT2D eigenvalue weighted by atomic mass is 9.83. The van der Waals surface area contributed by atoms with Crippen molar-refractivity contribution in [1.29, 1.82) is 0 Å². The van der Waals surface area contributed by atoms with Crippen LogP contribution in [0.2, 0.25) is 0 Å². The SMILES string of the molecule is C=C(C)C1CCNCC1C. The number of hydrogen-bond acceptors (Lipinski definition) is 1. The van der Waals surface area contributed by atoms with Crippen LogP contribution in [0.1, 0.15) is 20.3 Å². The standard InChI is InChI=1S/C9H17N/c1-7(2)9-4-5-10-6-8(9)3/h8-10H,1,4-6H2,2-3H3. The largest absolute Gasteiger partial charge is 0.316 e. The van der Waals surface area contributed by atoms with Gasteiger partial charge in [0.15, 0.2) is 0 Å². The van der Waals surface area contributed by atoms with Gasteiger partial charge in [-0.3, -0.25) is 0 Å². The molecule has 0 spiro atoms. The second-order valence-electron chi connectivity index (χ2n) is 3.42. The van der Waals surface area contributed by atoms with Crippen LogP contribution >= 0.6 is 0 Å². The third kappa shape index (κ3) is 1.60. The molecule has 1 aliphatic heterocycles. The van der Waals surface area contributed by atoms with Crippen LogP contribution in [0.5, 0.6) is 0 Å². The van der Waals surface area contributed by atoms with Gasteiger partial charge >= 0.3 is 0 Å².